The summed E-state index contributed by atoms with van der Waals surface area (Å²) >= 11 is 0. The van der Waals surface area contributed by atoms with Crippen LogP contribution in [0.25, 0.3) is 0 Å². The number of allylic oxidation sites excluding steroid dienone is 1. The van der Waals surface area contributed by atoms with Crippen molar-refractivity contribution in [3.05, 3.63) is 12.2 Å². The molecule has 0 aliphatic heterocycles. The minimum Gasteiger partial charge on any atom is -0.481 e. The van der Waals surface area contributed by atoms with Crippen LogP contribution in [0.1, 0.15) is 46.5 Å². The zero-order valence-electron chi connectivity index (χ0n) is 8.89. The van der Waals surface area contributed by atoms with Gasteiger partial charge in [0.15, 0.2) is 0 Å². The Labute approximate surface area is 80.7 Å². The van der Waals surface area contributed by atoms with Crippen LogP contribution in [0.4, 0.5) is 0 Å². The maximum Gasteiger partial charge on any atom is 0.309 e. The highest BCUT2D eigenvalue weighted by atomic mass is 16.4. The third-order valence-corrected chi connectivity index (χ3v) is 2.46. The smallest absolute Gasteiger partial charge is 0.309 e. The average molecular weight is 184 g/mol. The fourth-order valence-electron chi connectivity index (χ4n) is 1.50. The zero-order valence-corrected chi connectivity index (χ0v) is 8.89. The number of carboxylic acid groups (broad SMARTS) is 1. The molecular formula is C11H20O2. The number of hydrogen-bond donors (Lipinski definition) is 1. The van der Waals surface area contributed by atoms with Gasteiger partial charge in [-0.25, -0.2) is 0 Å². The second-order valence-electron chi connectivity index (χ2n) is 3.90. The van der Waals surface area contributed by atoms with Gasteiger partial charge in [-0.05, 0) is 26.2 Å². The SMILES string of the molecule is C=C(CC)CC(C)(CCC)C(=O)O. The molecule has 0 aromatic heterocycles. The lowest BCUT2D eigenvalue weighted by Gasteiger charge is -2.24. The summed E-state index contributed by atoms with van der Waals surface area (Å²) in [5.41, 5.74) is 0.417. The molecule has 2 heteroatoms. The van der Waals surface area contributed by atoms with E-state index in [2.05, 4.69) is 6.58 Å². The van der Waals surface area contributed by atoms with Gasteiger partial charge in [0.25, 0.3) is 0 Å². The lowest BCUT2D eigenvalue weighted by Crippen LogP contribution is -2.27. The fraction of sp³-hybridized carbons (Fsp3) is 0.727. The zero-order chi connectivity index (χ0) is 10.5. The Hall–Kier alpha value is -0.790. The molecule has 2 nitrogen and oxygen atoms in total. The first kappa shape index (κ1) is 12.2. The maximum atomic E-state index is 11.0. The molecule has 0 amide bonds. The molecule has 0 saturated carbocycles. The Morgan fingerprint density at radius 1 is 1.46 bits per heavy atom. The average Bonchev–Trinajstić information content (AvgIpc) is 2.04. The van der Waals surface area contributed by atoms with Gasteiger partial charge in [-0.2, -0.15) is 0 Å². The largest absolute Gasteiger partial charge is 0.481 e. The number of carbonyl (C=O) groups is 1. The van der Waals surface area contributed by atoms with Crippen molar-refractivity contribution in [2.24, 2.45) is 5.41 Å². The summed E-state index contributed by atoms with van der Waals surface area (Å²) in [7, 11) is 0. The van der Waals surface area contributed by atoms with Gasteiger partial charge >= 0.3 is 5.97 Å². The second-order valence-corrected chi connectivity index (χ2v) is 3.90. The third kappa shape index (κ3) is 3.62. The normalized spacial score (nSPS) is 15.0. The molecule has 0 bridgehead atoms. The molecule has 76 valence electrons. The van der Waals surface area contributed by atoms with Gasteiger partial charge in [0.1, 0.15) is 0 Å². The molecule has 0 fully saturated rings. The van der Waals surface area contributed by atoms with Crippen LogP contribution in [-0.4, -0.2) is 11.1 Å². The van der Waals surface area contributed by atoms with Crippen molar-refractivity contribution in [2.75, 3.05) is 0 Å². The van der Waals surface area contributed by atoms with E-state index in [1.165, 1.54) is 0 Å². The van der Waals surface area contributed by atoms with E-state index >= 15 is 0 Å². The molecule has 13 heavy (non-hydrogen) atoms. The molecule has 0 aromatic carbocycles. The summed E-state index contributed by atoms with van der Waals surface area (Å²) in [5, 5.41) is 9.07. The summed E-state index contributed by atoms with van der Waals surface area (Å²) in [5.74, 6) is -0.705. The van der Waals surface area contributed by atoms with Crippen LogP contribution >= 0.6 is 0 Å². The van der Waals surface area contributed by atoms with Crippen LogP contribution < -0.4 is 0 Å². The predicted molar refractivity (Wildman–Crippen MR) is 54.7 cm³/mol. The van der Waals surface area contributed by atoms with E-state index in [9.17, 15) is 4.79 Å². The predicted octanol–water partition coefficient (Wildman–Crippen LogP) is 3.23. The highest BCUT2D eigenvalue weighted by Gasteiger charge is 2.32. The van der Waals surface area contributed by atoms with Gasteiger partial charge in [-0.15, -0.1) is 0 Å². The molecule has 1 atom stereocenters. The molecule has 0 saturated heterocycles. The van der Waals surface area contributed by atoms with E-state index in [4.69, 9.17) is 5.11 Å². The van der Waals surface area contributed by atoms with E-state index in [-0.39, 0.29) is 0 Å². The Kier molecular flexibility index (Phi) is 4.74. The van der Waals surface area contributed by atoms with Gasteiger partial charge in [0, 0.05) is 0 Å². The highest BCUT2D eigenvalue weighted by molar-refractivity contribution is 5.74. The number of rotatable bonds is 6. The first-order valence-electron chi connectivity index (χ1n) is 4.86. The summed E-state index contributed by atoms with van der Waals surface area (Å²) < 4.78 is 0. The Morgan fingerprint density at radius 2 is 2.00 bits per heavy atom. The molecule has 1 N–H and O–H groups in total. The quantitative estimate of drug-likeness (QED) is 0.643. The van der Waals surface area contributed by atoms with E-state index in [1.807, 2.05) is 13.8 Å². The molecule has 0 radical (unpaired) electrons. The molecule has 0 aliphatic carbocycles. The Morgan fingerprint density at radius 3 is 2.31 bits per heavy atom. The van der Waals surface area contributed by atoms with Crippen LogP contribution in [0.15, 0.2) is 12.2 Å². The van der Waals surface area contributed by atoms with Gasteiger partial charge < -0.3 is 5.11 Å². The summed E-state index contributed by atoms with van der Waals surface area (Å²) in [6.45, 7) is 9.69. The molecule has 0 heterocycles. The molecule has 0 rings (SSSR count). The molecule has 1 unspecified atom stereocenters. The van der Waals surface area contributed by atoms with Gasteiger partial charge in [0.05, 0.1) is 5.41 Å². The monoisotopic (exact) mass is 184 g/mol. The second kappa shape index (κ2) is 5.05. The molecule has 0 aromatic rings. The summed E-state index contributed by atoms with van der Waals surface area (Å²) in [6, 6.07) is 0. The van der Waals surface area contributed by atoms with Gasteiger partial charge in [0.2, 0.25) is 0 Å². The topological polar surface area (TPSA) is 37.3 Å². The first-order valence-corrected chi connectivity index (χ1v) is 4.86. The maximum absolute atomic E-state index is 11.0. The van der Waals surface area contributed by atoms with Crippen molar-refractivity contribution in [1.29, 1.82) is 0 Å². The number of aliphatic carboxylic acids is 1. The molecule has 0 aliphatic rings. The van der Waals surface area contributed by atoms with E-state index in [0.29, 0.717) is 6.42 Å². The highest BCUT2D eigenvalue weighted by Crippen LogP contribution is 2.31. The van der Waals surface area contributed by atoms with Crippen molar-refractivity contribution >= 4 is 5.97 Å². The van der Waals surface area contributed by atoms with Crippen molar-refractivity contribution < 1.29 is 9.90 Å². The Balaban J connectivity index is 4.41. The van der Waals surface area contributed by atoms with Crippen LogP contribution in [0.5, 0.6) is 0 Å². The summed E-state index contributed by atoms with van der Waals surface area (Å²) in [4.78, 5) is 11.0. The number of hydrogen-bond acceptors (Lipinski definition) is 1. The lowest BCUT2D eigenvalue weighted by atomic mass is 9.79. The minimum atomic E-state index is -0.705. The van der Waals surface area contributed by atoms with Crippen LogP contribution in [0.2, 0.25) is 0 Å². The van der Waals surface area contributed by atoms with Crippen LogP contribution in [-0.2, 0) is 4.79 Å². The van der Waals surface area contributed by atoms with Gasteiger partial charge in [-0.3, -0.25) is 4.79 Å². The molecular weight excluding hydrogens is 164 g/mol. The lowest BCUT2D eigenvalue weighted by molar-refractivity contribution is -0.148. The third-order valence-electron chi connectivity index (χ3n) is 2.46. The minimum absolute atomic E-state index is 0.604. The fourth-order valence-corrected chi connectivity index (χ4v) is 1.50. The van der Waals surface area contributed by atoms with Crippen molar-refractivity contribution in [1.82, 2.24) is 0 Å². The van der Waals surface area contributed by atoms with E-state index in [0.717, 1.165) is 24.8 Å². The van der Waals surface area contributed by atoms with Crippen LogP contribution in [0.3, 0.4) is 0 Å². The van der Waals surface area contributed by atoms with Crippen molar-refractivity contribution in [3.8, 4) is 0 Å². The first-order chi connectivity index (χ1) is 5.96. The number of carboxylic acids is 1. The van der Waals surface area contributed by atoms with E-state index in [1.54, 1.807) is 6.92 Å². The van der Waals surface area contributed by atoms with Crippen LogP contribution in [0, 0.1) is 5.41 Å². The summed E-state index contributed by atoms with van der Waals surface area (Å²) in [6.07, 6.45) is 3.10. The molecule has 0 spiro atoms. The Bertz CT molecular complexity index is 196. The van der Waals surface area contributed by atoms with Crippen molar-refractivity contribution in [2.45, 2.75) is 46.5 Å². The van der Waals surface area contributed by atoms with Gasteiger partial charge in [-0.1, -0.05) is 32.4 Å². The van der Waals surface area contributed by atoms with Crippen molar-refractivity contribution in [3.63, 3.8) is 0 Å². The standard InChI is InChI=1S/C11H20O2/c1-5-7-11(4,10(12)13)8-9(3)6-2/h3,5-8H2,1-2,4H3,(H,12,13). The van der Waals surface area contributed by atoms with E-state index < -0.39 is 11.4 Å².